The molecule has 0 amide bonds. The van der Waals surface area contributed by atoms with Gasteiger partial charge in [0.1, 0.15) is 0 Å². The average Bonchev–Trinajstić information content (AvgIpc) is 1.50. The van der Waals surface area contributed by atoms with E-state index in [0.29, 0.717) is 61.9 Å². The summed E-state index contributed by atoms with van der Waals surface area (Å²) in [5.41, 5.74) is 15.4. The van der Waals surface area contributed by atoms with Crippen molar-refractivity contribution in [1.82, 2.24) is 0 Å². The molecule has 4 spiro atoms. The van der Waals surface area contributed by atoms with E-state index in [2.05, 4.69) is 30.4 Å². The zero-order valence-electron chi connectivity index (χ0n) is 55.5. The number of benzene rings is 4. The van der Waals surface area contributed by atoms with Crippen LogP contribution in [0, 0.1) is 22.7 Å². The fourth-order valence-corrected chi connectivity index (χ4v) is 30.8. The lowest BCUT2D eigenvalue weighted by atomic mass is 9.56. The van der Waals surface area contributed by atoms with Gasteiger partial charge in [-0.15, -0.1) is 68.0 Å². The Bertz CT molecular complexity index is 5970. The van der Waals surface area contributed by atoms with Gasteiger partial charge in [0, 0.05) is 95.1 Å². The van der Waals surface area contributed by atoms with Crippen LogP contribution in [0.4, 0.5) is 0 Å². The molecule has 22 rings (SSSR count). The molecule has 8 nitrogen and oxygen atoms in total. The summed E-state index contributed by atoms with van der Waals surface area (Å²) in [5.74, 6) is -1.80. The van der Waals surface area contributed by atoms with E-state index >= 15 is 0 Å². The normalized spacial score (nSPS) is 25.8. The molecule has 0 N–H and O–H groups in total. The molecule has 6 aromatic heterocycles. The molecule has 0 radical (unpaired) electrons. The van der Waals surface area contributed by atoms with Crippen molar-refractivity contribution >= 4 is 186 Å². The Balaban J connectivity index is 0.665. The van der Waals surface area contributed by atoms with Gasteiger partial charge in [-0.2, -0.15) is 0 Å². The van der Waals surface area contributed by atoms with Crippen LogP contribution in [-0.4, -0.2) is 46.3 Å². The lowest BCUT2D eigenvalue weighted by Crippen LogP contribution is -2.38. The van der Waals surface area contributed by atoms with Crippen molar-refractivity contribution in [3.8, 4) is 0 Å². The van der Waals surface area contributed by atoms with Gasteiger partial charge in [0.15, 0.2) is 23.1 Å². The van der Waals surface area contributed by atoms with E-state index in [4.69, 9.17) is 0 Å². The van der Waals surface area contributed by atoms with Crippen LogP contribution in [0.15, 0.2) is 167 Å². The molecule has 0 saturated heterocycles. The number of rotatable bonds is 5. The summed E-state index contributed by atoms with van der Waals surface area (Å²) in [6.45, 7) is 0. The lowest BCUT2D eigenvalue weighted by Gasteiger charge is -2.47. The summed E-state index contributed by atoms with van der Waals surface area (Å²) >= 11 is 11.0. The van der Waals surface area contributed by atoms with Gasteiger partial charge in [-0.05, 0) is 168 Å². The molecule has 0 bridgehead atoms. The van der Waals surface area contributed by atoms with Crippen LogP contribution in [0.2, 0.25) is 0 Å². The Morgan fingerprint density at radius 2 is 0.696 bits per heavy atom. The maximum absolute atomic E-state index is 14.5. The van der Waals surface area contributed by atoms with E-state index in [9.17, 15) is 38.4 Å². The van der Waals surface area contributed by atoms with Gasteiger partial charge < -0.3 is 0 Å². The van der Waals surface area contributed by atoms with Crippen molar-refractivity contribution in [3.63, 3.8) is 0 Å². The molecule has 12 aliphatic rings. The molecule has 12 aliphatic carbocycles. The highest BCUT2D eigenvalue weighted by Crippen LogP contribution is 2.75. The van der Waals surface area contributed by atoms with E-state index in [0.717, 1.165) is 135 Å². The van der Waals surface area contributed by atoms with E-state index < -0.39 is 28.5 Å². The zero-order valence-corrected chi connectivity index (χ0v) is 60.4. The maximum atomic E-state index is 14.5. The Kier molecular flexibility index (Phi) is 12.9. The van der Waals surface area contributed by atoms with Gasteiger partial charge in [-0.3, -0.25) is 38.4 Å². The highest BCUT2D eigenvalue weighted by molar-refractivity contribution is 7.40. The van der Waals surface area contributed by atoms with E-state index in [-0.39, 0.29) is 50.5 Å². The van der Waals surface area contributed by atoms with Crippen molar-refractivity contribution < 1.29 is 38.4 Å². The SMILES string of the molecule is O=C1C(=O)c2ccccc2/C1=C/C1=CC2=C(c3sc4c(sc5cc(/C=C6\C(=O)C(=O)c7ccccc76)sc54)c3C23CCCCC3)C12CCCC(C1CCC3(CC1)C1=C(c4sc5c(sc6cc(C=C7C(=O)c8ccccc8C7=O)sc65)c43)C3(CCCCC3)C(C=C3C(=O)c4ccccc4C3=O)=C1)C2. The Morgan fingerprint density at radius 3 is 1.19 bits per heavy atom. The number of fused-ring (bicyclic) bond motifs is 22. The molecular formula is C88H62O8S6. The van der Waals surface area contributed by atoms with E-state index in [1.807, 2.05) is 124 Å². The first-order valence-electron chi connectivity index (χ1n) is 36.3. The molecule has 102 heavy (non-hydrogen) atoms. The predicted octanol–water partition coefficient (Wildman–Crippen LogP) is 22.2. The molecule has 2 unspecified atom stereocenters. The van der Waals surface area contributed by atoms with Crippen LogP contribution in [0.25, 0.3) is 72.0 Å². The first-order valence-corrected chi connectivity index (χ1v) is 41.2. The highest BCUT2D eigenvalue weighted by Gasteiger charge is 2.61. The molecule has 4 fully saturated rings. The first-order chi connectivity index (χ1) is 49.8. The molecule has 4 aromatic carbocycles. The number of hydrogen-bond donors (Lipinski definition) is 0. The van der Waals surface area contributed by atoms with Crippen molar-refractivity contribution in [2.24, 2.45) is 22.7 Å². The molecule has 14 heteroatoms. The smallest absolute Gasteiger partial charge is 0.234 e. The lowest BCUT2D eigenvalue weighted by molar-refractivity contribution is -0.110. The van der Waals surface area contributed by atoms with Crippen LogP contribution in [-0.2, 0) is 20.4 Å². The summed E-state index contributed by atoms with van der Waals surface area (Å²) < 4.78 is 10.1. The molecule has 0 aliphatic heterocycles. The number of hydrogen-bond acceptors (Lipinski definition) is 14. The minimum Gasteiger partial charge on any atom is -0.288 e. The van der Waals surface area contributed by atoms with Gasteiger partial charge in [0.2, 0.25) is 23.1 Å². The Hall–Kier alpha value is -8.60. The topological polar surface area (TPSA) is 137 Å². The second kappa shape index (κ2) is 21.5. The molecule has 6 heterocycles. The second-order valence-electron chi connectivity index (χ2n) is 30.8. The number of ketones is 8. The predicted molar refractivity (Wildman–Crippen MR) is 412 cm³/mol. The van der Waals surface area contributed by atoms with Gasteiger partial charge in [-0.25, -0.2) is 0 Å². The van der Waals surface area contributed by atoms with Gasteiger partial charge in [0.05, 0.1) is 39.3 Å². The number of thiophene rings is 6. The minimum absolute atomic E-state index is 0.189. The molecule has 2 atom stereocenters. The first kappa shape index (κ1) is 60.9. The standard InChI is InChI=1S/C88H62O8S6/c89-69-53-21-7-8-22-54(53)70(90)59(69)35-45-36-61-65(85(45)27-11-1-12-28-85)79-68(82-84(101-79)78-64(100-82)41-48(98-78)39-60-71(91)55-23-9-10-24-56(55)72(60)92)87(61)32-25-43(26-33-87)44-16-15-31-88(42-44)46(34-57-49-17-3-5-19-51(49)73(93)75(57)95)37-62-66(88)80-67(86(62)29-13-2-14-30-86)81-83(102-80)77-63(99-81)40-47(97-77)38-58-50-18-4-6-20-52(50)74(94)76(58)96/h3-10,17-24,34-41,43-44H,1-2,11-16,25-33,42H2/b57-34-,58-38-. The molecule has 10 aromatic rings. The highest BCUT2D eigenvalue weighted by atomic mass is 32.1. The maximum Gasteiger partial charge on any atom is 0.234 e. The Labute approximate surface area is 611 Å². The average molecular weight is 1440 g/mol. The Morgan fingerprint density at radius 1 is 0.314 bits per heavy atom. The van der Waals surface area contributed by atoms with Gasteiger partial charge in [0.25, 0.3) is 0 Å². The quantitative estimate of drug-likeness (QED) is 0.0944. The van der Waals surface area contributed by atoms with Crippen molar-refractivity contribution in [3.05, 3.63) is 242 Å². The summed E-state index contributed by atoms with van der Waals surface area (Å²) in [6.07, 6.45) is 31.6. The fourth-order valence-electron chi connectivity index (χ4n) is 21.7. The van der Waals surface area contributed by atoms with Crippen molar-refractivity contribution in [1.29, 1.82) is 0 Å². The largest absolute Gasteiger partial charge is 0.288 e. The van der Waals surface area contributed by atoms with Crippen LogP contribution < -0.4 is 0 Å². The van der Waals surface area contributed by atoms with Crippen molar-refractivity contribution in [2.45, 2.75) is 126 Å². The van der Waals surface area contributed by atoms with Gasteiger partial charge in [-0.1, -0.05) is 161 Å². The zero-order chi connectivity index (χ0) is 68.2. The van der Waals surface area contributed by atoms with Crippen LogP contribution >= 0.6 is 68.0 Å². The van der Waals surface area contributed by atoms with Crippen molar-refractivity contribution in [2.75, 3.05) is 0 Å². The molecule has 498 valence electrons. The minimum atomic E-state index is -0.451. The number of carbonyl (C=O) groups excluding carboxylic acids is 8. The summed E-state index contributed by atoms with van der Waals surface area (Å²) in [6, 6.07) is 33.7. The number of allylic oxidation sites excluding steroid dienone is 14. The monoisotopic (exact) mass is 1440 g/mol. The van der Waals surface area contributed by atoms with Crippen LogP contribution in [0.3, 0.4) is 0 Å². The summed E-state index contributed by atoms with van der Waals surface area (Å²) in [5, 5.41) is 0. The molecule has 4 saturated carbocycles. The third-order valence-corrected chi connectivity index (χ3v) is 33.9. The summed E-state index contributed by atoms with van der Waals surface area (Å²) in [4.78, 5) is 116. The van der Waals surface area contributed by atoms with Crippen LogP contribution in [0.5, 0.6) is 0 Å². The fraction of sp³-hybridized carbons (Fsp3) is 0.273. The van der Waals surface area contributed by atoms with E-state index in [1.54, 1.807) is 59.1 Å². The molecular weight excluding hydrogens is 1380 g/mol. The third kappa shape index (κ3) is 7.90. The number of Topliss-reactive ketones (excluding diaryl/α,β-unsaturated/α-hetero) is 8. The van der Waals surface area contributed by atoms with Crippen LogP contribution in [0.1, 0.15) is 219 Å². The third-order valence-electron chi connectivity index (χ3n) is 26.2. The van der Waals surface area contributed by atoms with Gasteiger partial charge >= 0.3 is 0 Å². The van der Waals surface area contributed by atoms with E-state index in [1.165, 1.54) is 88.1 Å². The second-order valence-corrected chi connectivity index (χ2v) is 37.1. The number of carbonyl (C=O) groups is 8. The summed E-state index contributed by atoms with van der Waals surface area (Å²) in [7, 11) is 0.